The number of methoxy groups -OCH3 is 1. The molecule has 168 valence electrons. The number of hydrogen-bond acceptors (Lipinski definition) is 3. The SMILES string of the molecule is COc1cccc(-c2ccc3c(c2)CCC2(CC2)C3N(C(=O)O)[C@@H]2CN3CCC2CC3)c1. The Bertz CT molecular complexity index is 1040. The third kappa shape index (κ3) is 3.21. The van der Waals surface area contributed by atoms with Gasteiger partial charge in [-0.3, -0.25) is 4.90 Å². The average Bonchev–Trinajstić information content (AvgIpc) is 3.61. The average molecular weight is 433 g/mol. The minimum Gasteiger partial charge on any atom is -0.497 e. The topological polar surface area (TPSA) is 53.0 Å². The molecule has 1 N–H and O–H groups in total. The van der Waals surface area contributed by atoms with Gasteiger partial charge in [0, 0.05) is 6.54 Å². The summed E-state index contributed by atoms with van der Waals surface area (Å²) in [6, 6.07) is 15.0. The molecule has 4 fully saturated rings. The second kappa shape index (κ2) is 7.51. The third-order valence-electron chi connectivity index (χ3n) is 8.68. The normalized spacial score (nSPS) is 29.4. The van der Waals surface area contributed by atoms with E-state index in [0.717, 1.165) is 69.5 Å². The van der Waals surface area contributed by atoms with Gasteiger partial charge in [-0.2, -0.15) is 0 Å². The Morgan fingerprint density at radius 3 is 2.53 bits per heavy atom. The highest BCUT2D eigenvalue weighted by molar-refractivity contribution is 5.69. The predicted octanol–water partition coefficient (Wildman–Crippen LogP) is 5.20. The highest BCUT2D eigenvalue weighted by Gasteiger charge is 2.57. The quantitative estimate of drug-likeness (QED) is 0.721. The van der Waals surface area contributed by atoms with Crippen molar-refractivity contribution >= 4 is 6.09 Å². The molecule has 7 rings (SSSR count). The van der Waals surface area contributed by atoms with Crippen LogP contribution in [0.4, 0.5) is 4.79 Å². The van der Waals surface area contributed by atoms with Crippen molar-refractivity contribution in [2.75, 3.05) is 26.7 Å². The fourth-order valence-electron chi connectivity index (χ4n) is 6.74. The first-order valence-electron chi connectivity index (χ1n) is 12.1. The van der Waals surface area contributed by atoms with E-state index in [2.05, 4.69) is 35.2 Å². The number of carboxylic acid groups (broad SMARTS) is 1. The number of aryl methyl sites for hydroxylation is 1. The van der Waals surface area contributed by atoms with Gasteiger partial charge >= 0.3 is 6.09 Å². The largest absolute Gasteiger partial charge is 0.497 e. The van der Waals surface area contributed by atoms with Gasteiger partial charge in [-0.25, -0.2) is 4.79 Å². The second-order valence-electron chi connectivity index (χ2n) is 10.3. The van der Waals surface area contributed by atoms with Crippen LogP contribution in [-0.4, -0.2) is 53.8 Å². The van der Waals surface area contributed by atoms with Gasteiger partial charge in [-0.1, -0.05) is 30.3 Å². The van der Waals surface area contributed by atoms with Gasteiger partial charge in [0.05, 0.1) is 19.2 Å². The van der Waals surface area contributed by atoms with E-state index >= 15 is 0 Å². The van der Waals surface area contributed by atoms with Gasteiger partial charge in [0.1, 0.15) is 5.75 Å². The fourth-order valence-corrected chi connectivity index (χ4v) is 6.74. The highest BCUT2D eigenvalue weighted by atomic mass is 16.5. The Balaban J connectivity index is 1.39. The predicted molar refractivity (Wildman–Crippen MR) is 124 cm³/mol. The van der Waals surface area contributed by atoms with Crippen LogP contribution in [0, 0.1) is 11.3 Å². The van der Waals surface area contributed by atoms with E-state index in [1.54, 1.807) is 7.11 Å². The number of ether oxygens (including phenoxy) is 1. The Kier molecular flexibility index (Phi) is 4.72. The van der Waals surface area contributed by atoms with E-state index in [1.807, 2.05) is 17.0 Å². The Morgan fingerprint density at radius 1 is 1.09 bits per heavy atom. The molecule has 0 aromatic heterocycles. The van der Waals surface area contributed by atoms with Gasteiger partial charge in [0.15, 0.2) is 0 Å². The van der Waals surface area contributed by atoms with E-state index in [1.165, 1.54) is 16.7 Å². The zero-order chi connectivity index (χ0) is 21.9. The maximum atomic E-state index is 12.8. The van der Waals surface area contributed by atoms with Gasteiger partial charge in [0.25, 0.3) is 0 Å². The molecule has 1 spiro atoms. The molecule has 32 heavy (non-hydrogen) atoms. The van der Waals surface area contributed by atoms with Crippen molar-refractivity contribution in [1.29, 1.82) is 0 Å². The standard InChI is InChI=1S/C27H32N2O3/c1-32-22-4-2-3-19(16-22)20-5-6-23-21(15-20)7-10-27(11-12-27)25(23)29(26(30)31)24-17-28-13-8-18(24)9-14-28/h2-6,15-16,18,24-25H,7-14,17H2,1H3,(H,30,31)/t24-,25?/m1/s1. The van der Waals surface area contributed by atoms with Crippen molar-refractivity contribution in [3.8, 4) is 16.9 Å². The van der Waals surface area contributed by atoms with Crippen LogP contribution in [-0.2, 0) is 6.42 Å². The fraction of sp³-hybridized carbons (Fsp3) is 0.519. The maximum absolute atomic E-state index is 12.8. The molecule has 5 nitrogen and oxygen atoms in total. The number of hydrogen-bond donors (Lipinski definition) is 1. The lowest BCUT2D eigenvalue weighted by Gasteiger charge is -2.52. The second-order valence-corrected chi connectivity index (χ2v) is 10.3. The van der Waals surface area contributed by atoms with Crippen molar-refractivity contribution in [3.05, 3.63) is 53.6 Å². The van der Waals surface area contributed by atoms with Crippen LogP contribution in [0.3, 0.4) is 0 Å². The van der Waals surface area contributed by atoms with Crippen LogP contribution in [0.2, 0.25) is 0 Å². The summed E-state index contributed by atoms with van der Waals surface area (Å²) in [7, 11) is 1.70. The number of piperidine rings is 3. The van der Waals surface area contributed by atoms with E-state index in [-0.39, 0.29) is 17.5 Å². The number of fused-ring (bicyclic) bond motifs is 4. The first-order chi connectivity index (χ1) is 15.6. The summed E-state index contributed by atoms with van der Waals surface area (Å²) < 4.78 is 5.41. The lowest BCUT2D eigenvalue weighted by atomic mass is 9.73. The Labute approximate surface area is 190 Å². The summed E-state index contributed by atoms with van der Waals surface area (Å²) >= 11 is 0. The molecule has 0 radical (unpaired) electrons. The van der Waals surface area contributed by atoms with Crippen LogP contribution in [0.15, 0.2) is 42.5 Å². The van der Waals surface area contributed by atoms with E-state index in [0.29, 0.717) is 5.92 Å². The molecule has 2 bridgehead atoms. The smallest absolute Gasteiger partial charge is 0.408 e. The molecular weight excluding hydrogens is 400 g/mol. The number of rotatable bonds is 4. The molecule has 5 aliphatic rings. The van der Waals surface area contributed by atoms with Gasteiger partial charge in [-0.05, 0) is 97.3 Å². The van der Waals surface area contributed by atoms with Crippen LogP contribution >= 0.6 is 0 Å². The summed E-state index contributed by atoms with van der Waals surface area (Å²) in [5, 5.41) is 10.5. The lowest BCUT2D eigenvalue weighted by Crippen LogP contribution is -2.60. The molecule has 5 heteroatoms. The van der Waals surface area contributed by atoms with Gasteiger partial charge in [-0.15, -0.1) is 0 Å². The molecule has 1 unspecified atom stereocenters. The zero-order valence-corrected chi connectivity index (χ0v) is 18.8. The molecule has 3 heterocycles. The highest BCUT2D eigenvalue weighted by Crippen LogP contribution is 2.63. The summed E-state index contributed by atoms with van der Waals surface area (Å²) in [5.74, 6) is 1.36. The third-order valence-corrected chi connectivity index (χ3v) is 8.68. The molecule has 3 aliphatic heterocycles. The zero-order valence-electron chi connectivity index (χ0n) is 18.8. The molecule has 1 amide bonds. The molecule has 2 aromatic carbocycles. The van der Waals surface area contributed by atoms with Crippen molar-refractivity contribution in [2.24, 2.45) is 11.3 Å². The summed E-state index contributed by atoms with van der Waals surface area (Å²) in [4.78, 5) is 17.1. The lowest BCUT2D eigenvalue weighted by molar-refractivity contribution is -0.0243. The number of carbonyl (C=O) groups is 1. The van der Waals surface area contributed by atoms with E-state index < -0.39 is 6.09 Å². The molecule has 2 aromatic rings. The minimum absolute atomic E-state index is 0.00587. The first-order valence-corrected chi connectivity index (χ1v) is 12.1. The van der Waals surface area contributed by atoms with Crippen LogP contribution < -0.4 is 4.74 Å². The van der Waals surface area contributed by atoms with Crippen LogP contribution in [0.25, 0.3) is 11.1 Å². The van der Waals surface area contributed by atoms with E-state index in [9.17, 15) is 9.90 Å². The Hall–Kier alpha value is -2.53. The molecular formula is C27H32N2O3. The molecule has 2 atom stereocenters. The minimum atomic E-state index is -0.732. The van der Waals surface area contributed by atoms with Crippen LogP contribution in [0.1, 0.15) is 49.3 Å². The Morgan fingerprint density at radius 2 is 1.88 bits per heavy atom. The van der Waals surface area contributed by atoms with E-state index in [4.69, 9.17) is 4.74 Å². The summed E-state index contributed by atoms with van der Waals surface area (Å²) in [6.07, 6.45) is 5.98. The van der Waals surface area contributed by atoms with Gasteiger partial charge in [0.2, 0.25) is 0 Å². The summed E-state index contributed by atoms with van der Waals surface area (Å²) in [5.41, 5.74) is 5.04. The van der Waals surface area contributed by atoms with Crippen molar-refractivity contribution < 1.29 is 14.6 Å². The van der Waals surface area contributed by atoms with Crippen LogP contribution in [0.5, 0.6) is 5.75 Å². The number of nitrogens with zero attached hydrogens (tertiary/aromatic N) is 2. The summed E-state index contributed by atoms with van der Waals surface area (Å²) in [6.45, 7) is 3.16. The van der Waals surface area contributed by atoms with Crippen molar-refractivity contribution in [3.63, 3.8) is 0 Å². The molecule has 1 saturated carbocycles. The molecule has 3 saturated heterocycles. The monoisotopic (exact) mass is 432 g/mol. The number of benzene rings is 2. The van der Waals surface area contributed by atoms with Gasteiger partial charge < -0.3 is 14.7 Å². The molecule has 2 aliphatic carbocycles. The number of amides is 1. The van der Waals surface area contributed by atoms with Crippen molar-refractivity contribution in [1.82, 2.24) is 9.80 Å². The van der Waals surface area contributed by atoms with Crippen molar-refractivity contribution in [2.45, 2.75) is 50.6 Å². The first kappa shape index (κ1) is 20.1. The maximum Gasteiger partial charge on any atom is 0.408 e.